The van der Waals surface area contributed by atoms with Crippen molar-refractivity contribution in [3.05, 3.63) is 53.5 Å². The van der Waals surface area contributed by atoms with Gasteiger partial charge in [-0.05, 0) is 38.1 Å². The largest absolute Gasteiger partial charge is 0.466 e. The second-order valence-electron chi connectivity index (χ2n) is 6.92. The Labute approximate surface area is 188 Å². The van der Waals surface area contributed by atoms with Crippen LogP contribution < -0.4 is 5.32 Å². The number of hydrogen-bond acceptors (Lipinski definition) is 6. The van der Waals surface area contributed by atoms with Crippen LogP contribution in [0.25, 0.3) is 21.8 Å². The Hall–Kier alpha value is -2.84. The second kappa shape index (κ2) is 9.53. The maximum Gasteiger partial charge on any atom is 0.311 e. The summed E-state index contributed by atoms with van der Waals surface area (Å²) in [5, 5.41) is 7.13. The number of ether oxygens (including phenoxy) is 1. The topological polar surface area (TPSA) is 73.2 Å². The average molecular weight is 454 g/mol. The summed E-state index contributed by atoms with van der Waals surface area (Å²) in [4.78, 5) is 28.4. The number of esters is 1. The molecule has 6 nitrogen and oxygen atoms in total. The van der Waals surface area contributed by atoms with Gasteiger partial charge in [-0.3, -0.25) is 9.59 Å². The van der Waals surface area contributed by atoms with Crippen molar-refractivity contribution in [2.45, 2.75) is 31.2 Å². The van der Waals surface area contributed by atoms with E-state index in [0.717, 1.165) is 27.5 Å². The van der Waals surface area contributed by atoms with Gasteiger partial charge in [-0.2, -0.15) is 0 Å². The van der Waals surface area contributed by atoms with E-state index in [1.54, 1.807) is 6.92 Å². The van der Waals surface area contributed by atoms with Crippen LogP contribution in [0.5, 0.6) is 0 Å². The van der Waals surface area contributed by atoms with E-state index in [2.05, 4.69) is 40.0 Å². The smallest absolute Gasteiger partial charge is 0.311 e. The highest BCUT2D eigenvalue weighted by atomic mass is 32.2. The highest BCUT2D eigenvalue weighted by molar-refractivity contribution is 8.01. The molecule has 0 aliphatic rings. The Morgan fingerprint density at radius 1 is 1.13 bits per heavy atom. The van der Waals surface area contributed by atoms with Gasteiger partial charge < -0.3 is 14.6 Å². The molecule has 0 unspecified atom stereocenters. The van der Waals surface area contributed by atoms with Gasteiger partial charge in [-0.1, -0.05) is 30.0 Å². The normalized spacial score (nSPS) is 11.2. The number of rotatable bonds is 8. The predicted octanol–water partition coefficient (Wildman–Crippen LogP) is 5.11. The molecule has 2 heterocycles. The Kier molecular flexibility index (Phi) is 6.58. The predicted molar refractivity (Wildman–Crippen MR) is 127 cm³/mol. The summed E-state index contributed by atoms with van der Waals surface area (Å²) in [6, 6.07) is 14.4. The maximum absolute atomic E-state index is 12.5. The molecule has 0 aliphatic carbocycles. The Morgan fingerprint density at radius 2 is 1.94 bits per heavy atom. The van der Waals surface area contributed by atoms with Crippen LogP contribution in [0, 0.1) is 0 Å². The van der Waals surface area contributed by atoms with Gasteiger partial charge in [0.15, 0.2) is 4.34 Å². The lowest BCUT2D eigenvalue weighted by Crippen LogP contribution is -2.13. The van der Waals surface area contributed by atoms with Crippen molar-refractivity contribution in [2.75, 3.05) is 17.7 Å². The molecule has 8 heteroatoms. The van der Waals surface area contributed by atoms with E-state index in [4.69, 9.17) is 4.74 Å². The molecule has 4 aromatic rings. The van der Waals surface area contributed by atoms with Crippen molar-refractivity contribution in [1.29, 1.82) is 0 Å². The molecular formula is C23H23N3O3S2. The molecule has 4 rings (SSSR count). The zero-order valence-electron chi connectivity index (χ0n) is 17.4. The van der Waals surface area contributed by atoms with Crippen molar-refractivity contribution >= 4 is 62.5 Å². The van der Waals surface area contributed by atoms with Crippen LogP contribution in [-0.2, 0) is 27.3 Å². The van der Waals surface area contributed by atoms with Crippen LogP contribution in [0.4, 0.5) is 5.69 Å². The summed E-state index contributed by atoms with van der Waals surface area (Å²) < 4.78 is 7.98. The first-order valence-corrected chi connectivity index (χ1v) is 12.0. The number of thioether (sulfide) groups is 1. The zero-order chi connectivity index (χ0) is 21.8. The highest BCUT2D eigenvalue weighted by Crippen LogP contribution is 2.31. The van der Waals surface area contributed by atoms with Crippen LogP contribution in [0.3, 0.4) is 0 Å². The molecule has 0 bridgehead atoms. The van der Waals surface area contributed by atoms with E-state index < -0.39 is 0 Å². The number of carbonyl (C=O) groups excluding carboxylic acids is 2. The van der Waals surface area contributed by atoms with Gasteiger partial charge in [0.25, 0.3) is 0 Å². The molecule has 0 saturated heterocycles. The van der Waals surface area contributed by atoms with Crippen LogP contribution in [0.2, 0.25) is 0 Å². The molecule has 0 fully saturated rings. The van der Waals surface area contributed by atoms with E-state index in [9.17, 15) is 9.59 Å². The molecule has 1 N–H and O–H groups in total. The lowest BCUT2D eigenvalue weighted by molar-refractivity contribution is -0.142. The first-order valence-electron chi connectivity index (χ1n) is 10.1. The van der Waals surface area contributed by atoms with Crippen molar-refractivity contribution in [3.63, 3.8) is 0 Å². The monoisotopic (exact) mass is 453 g/mol. The number of nitrogens with zero attached hydrogens (tertiary/aromatic N) is 2. The average Bonchev–Trinajstić information content (AvgIpc) is 3.34. The van der Waals surface area contributed by atoms with Gasteiger partial charge in [-0.25, -0.2) is 4.98 Å². The number of nitrogens with one attached hydrogen (secondary N) is 1. The van der Waals surface area contributed by atoms with Crippen molar-refractivity contribution in [1.82, 2.24) is 9.55 Å². The number of aryl methyl sites for hydroxylation is 1. The number of hydrogen-bond donors (Lipinski definition) is 1. The minimum Gasteiger partial charge on any atom is -0.466 e. The van der Waals surface area contributed by atoms with Crippen LogP contribution in [0.1, 0.15) is 19.5 Å². The van der Waals surface area contributed by atoms with Gasteiger partial charge in [0.05, 0.1) is 24.5 Å². The third kappa shape index (κ3) is 4.75. The van der Waals surface area contributed by atoms with Crippen molar-refractivity contribution in [2.24, 2.45) is 0 Å². The third-order valence-electron chi connectivity index (χ3n) is 4.86. The summed E-state index contributed by atoms with van der Waals surface area (Å²) in [6.45, 7) is 5.15. The Bertz CT molecular complexity index is 1250. The second-order valence-corrected chi connectivity index (χ2v) is 9.00. The van der Waals surface area contributed by atoms with E-state index in [-0.39, 0.29) is 24.1 Å². The molecule has 1 amide bonds. The third-order valence-corrected chi connectivity index (χ3v) is 6.93. The fraction of sp³-hybridized carbons (Fsp3) is 0.261. The van der Waals surface area contributed by atoms with Crippen LogP contribution in [0.15, 0.2) is 52.2 Å². The van der Waals surface area contributed by atoms with E-state index >= 15 is 0 Å². The first-order chi connectivity index (χ1) is 15.1. The standard InChI is InChI=1S/C23H23N3O3S2/c1-3-26-19-8-6-5-7-17(19)18-11-15(9-10-20(18)26)24-21(27)14-31-23-25-16(13-30-23)12-22(28)29-4-2/h5-11,13H,3-4,12,14H2,1-2H3,(H,24,27). The molecule has 0 radical (unpaired) electrons. The van der Waals surface area contributed by atoms with Gasteiger partial charge in [-0.15, -0.1) is 11.3 Å². The SMILES string of the molecule is CCOC(=O)Cc1csc(SCC(=O)Nc2ccc3c(c2)c2ccccc2n3CC)n1. The molecule has 0 aliphatic heterocycles. The van der Waals surface area contributed by atoms with Gasteiger partial charge in [0, 0.05) is 39.4 Å². The zero-order valence-corrected chi connectivity index (χ0v) is 19.0. The van der Waals surface area contributed by atoms with Crippen LogP contribution >= 0.6 is 23.1 Å². The van der Waals surface area contributed by atoms with E-state index in [1.807, 2.05) is 29.6 Å². The summed E-state index contributed by atoms with van der Waals surface area (Å²) in [6.07, 6.45) is 0.155. The number of thiazole rings is 1. The maximum atomic E-state index is 12.5. The quantitative estimate of drug-likeness (QED) is 0.297. The Morgan fingerprint density at radius 3 is 2.74 bits per heavy atom. The fourth-order valence-corrected chi connectivity index (χ4v) is 5.24. The Balaban J connectivity index is 1.41. The molecule has 0 atom stereocenters. The first kappa shape index (κ1) is 21.4. The van der Waals surface area contributed by atoms with E-state index in [0.29, 0.717) is 12.3 Å². The molecule has 0 saturated carbocycles. The minimum absolute atomic E-state index is 0.0919. The number of fused-ring (bicyclic) bond motifs is 3. The van der Waals surface area contributed by atoms with Gasteiger partial charge in [0.2, 0.25) is 5.91 Å². The molecule has 2 aromatic heterocycles. The summed E-state index contributed by atoms with van der Waals surface area (Å²) in [5.74, 6) is -0.131. The van der Waals surface area contributed by atoms with Crippen LogP contribution in [-0.4, -0.2) is 33.8 Å². The molecule has 0 spiro atoms. The van der Waals surface area contributed by atoms with Crippen molar-refractivity contribution < 1.29 is 14.3 Å². The number of aromatic nitrogens is 2. The minimum atomic E-state index is -0.290. The number of carbonyl (C=O) groups is 2. The number of para-hydroxylation sites is 1. The molecule has 2 aromatic carbocycles. The number of amides is 1. The lowest BCUT2D eigenvalue weighted by atomic mass is 10.1. The molecule has 160 valence electrons. The van der Waals surface area contributed by atoms with Gasteiger partial charge in [0.1, 0.15) is 0 Å². The molecular weight excluding hydrogens is 430 g/mol. The summed E-state index contributed by atoms with van der Waals surface area (Å²) in [7, 11) is 0. The molecule has 31 heavy (non-hydrogen) atoms. The van der Waals surface area contributed by atoms with Gasteiger partial charge >= 0.3 is 5.97 Å². The summed E-state index contributed by atoms with van der Waals surface area (Å²) in [5.41, 5.74) is 3.80. The highest BCUT2D eigenvalue weighted by Gasteiger charge is 2.13. The number of benzene rings is 2. The number of anilines is 1. The van der Waals surface area contributed by atoms with Crippen molar-refractivity contribution in [3.8, 4) is 0 Å². The van der Waals surface area contributed by atoms with E-state index in [1.165, 1.54) is 34.0 Å². The fourth-order valence-electron chi connectivity index (χ4n) is 3.59. The summed E-state index contributed by atoms with van der Waals surface area (Å²) >= 11 is 2.79. The lowest BCUT2D eigenvalue weighted by Gasteiger charge is -2.06.